The number of hydrogen-bond donors (Lipinski definition) is 1. The van der Waals surface area contributed by atoms with Crippen LogP contribution in [0, 0.1) is 0 Å². The largest absolute Gasteiger partial charge is 0.480 e. The van der Waals surface area contributed by atoms with E-state index in [4.69, 9.17) is 9.47 Å². The topological polar surface area (TPSA) is 84.9 Å². The van der Waals surface area contributed by atoms with Gasteiger partial charge in [0, 0.05) is 37.7 Å². The molecule has 3 aliphatic rings. The zero-order chi connectivity index (χ0) is 19.7. The molecule has 0 bridgehead atoms. The highest BCUT2D eigenvalue weighted by atomic mass is 32.2. The van der Waals surface area contributed by atoms with E-state index in [1.807, 2.05) is 6.92 Å². The third kappa shape index (κ3) is 3.77. The Morgan fingerprint density at radius 3 is 2.71 bits per heavy atom. The lowest BCUT2D eigenvalue weighted by Crippen LogP contribution is -2.42. The number of fused-ring (bicyclic) bond motifs is 1. The first-order valence-corrected chi connectivity index (χ1v) is 11.6. The molecule has 1 aromatic rings. The molecule has 0 spiro atoms. The van der Waals surface area contributed by atoms with Crippen molar-refractivity contribution in [3.8, 4) is 5.75 Å². The van der Waals surface area contributed by atoms with Crippen molar-refractivity contribution < 1.29 is 22.7 Å². The van der Waals surface area contributed by atoms with Gasteiger partial charge in [-0.2, -0.15) is 4.31 Å². The number of carbonyl (C=O) groups excluding carboxylic acids is 1. The van der Waals surface area contributed by atoms with Gasteiger partial charge in [0.1, 0.15) is 5.75 Å². The Bertz CT molecular complexity index is 829. The number of rotatable bonds is 5. The van der Waals surface area contributed by atoms with E-state index in [1.165, 1.54) is 0 Å². The summed E-state index contributed by atoms with van der Waals surface area (Å²) in [7, 11) is -3.51. The summed E-state index contributed by atoms with van der Waals surface area (Å²) in [5.74, 6) is 0.193. The van der Waals surface area contributed by atoms with Gasteiger partial charge in [-0.1, -0.05) is 13.3 Å². The fourth-order valence-electron chi connectivity index (χ4n) is 4.21. The second-order valence-electron chi connectivity index (χ2n) is 7.87. The van der Waals surface area contributed by atoms with E-state index in [0.717, 1.165) is 44.3 Å². The maximum absolute atomic E-state index is 13.0. The summed E-state index contributed by atoms with van der Waals surface area (Å²) < 4.78 is 38.8. The number of ether oxygens (including phenoxy) is 2. The maximum Gasteiger partial charge on any atom is 0.261 e. The summed E-state index contributed by atoms with van der Waals surface area (Å²) in [6.07, 6.45) is 4.28. The van der Waals surface area contributed by atoms with Gasteiger partial charge < -0.3 is 14.8 Å². The van der Waals surface area contributed by atoms with Crippen molar-refractivity contribution >= 4 is 15.9 Å². The van der Waals surface area contributed by atoms with E-state index in [-0.39, 0.29) is 22.8 Å². The first-order valence-electron chi connectivity index (χ1n) is 10.2. The van der Waals surface area contributed by atoms with Crippen LogP contribution in [0.4, 0.5) is 0 Å². The minimum absolute atomic E-state index is 0.0734. The second-order valence-corrected chi connectivity index (χ2v) is 9.81. The molecule has 3 atom stereocenters. The number of carbonyl (C=O) groups is 1. The van der Waals surface area contributed by atoms with Crippen molar-refractivity contribution in [2.75, 3.05) is 26.2 Å². The van der Waals surface area contributed by atoms with E-state index >= 15 is 0 Å². The van der Waals surface area contributed by atoms with Crippen molar-refractivity contribution in [1.29, 1.82) is 0 Å². The monoisotopic (exact) mass is 408 g/mol. The molecule has 2 saturated heterocycles. The minimum Gasteiger partial charge on any atom is -0.480 e. The van der Waals surface area contributed by atoms with E-state index in [9.17, 15) is 13.2 Å². The molecule has 3 unspecified atom stereocenters. The smallest absolute Gasteiger partial charge is 0.261 e. The zero-order valence-corrected chi connectivity index (χ0v) is 17.0. The zero-order valence-electron chi connectivity index (χ0n) is 16.2. The van der Waals surface area contributed by atoms with Gasteiger partial charge in [0.05, 0.1) is 11.0 Å². The van der Waals surface area contributed by atoms with Crippen molar-refractivity contribution in [1.82, 2.24) is 9.62 Å². The molecule has 3 heterocycles. The molecule has 154 valence electrons. The summed E-state index contributed by atoms with van der Waals surface area (Å²) >= 11 is 0. The number of piperidine rings is 1. The molecule has 0 aliphatic carbocycles. The lowest BCUT2D eigenvalue weighted by atomic mass is 9.97. The molecule has 7 nitrogen and oxygen atoms in total. The standard InChI is InChI=1S/C20H28N2O5S/c1-14-17-12-16(28(24,25)22-9-3-2-4-10-22)7-8-18(17)27-19(14)20(23)21-13-15-6-5-11-26-15/h7-8,12,14-15,19H,2-6,9-11,13H2,1H3,(H,21,23). The first-order chi connectivity index (χ1) is 13.5. The Balaban J connectivity index is 1.46. The fourth-order valence-corrected chi connectivity index (χ4v) is 5.76. The van der Waals surface area contributed by atoms with E-state index in [1.54, 1.807) is 22.5 Å². The van der Waals surface area contributed by atoms with Gasteiger partial charge in [-0.3, -0.25) is 4.79 Å². The summed E-state index contributed by atoms with van der Waals surface area (Å²) in [6.45, 7) is 4.27. The van der Waals surface area contributed by atoms with Crippen molar-refractivity contribution in [3.63, 3.8) is 0 Å². The highest BCUT2D eigenvalue weighted by molar-refractivity contribution is 7.89. The van der Waals surface area contributed by atoms with Gasteiger partial charge in [0.25, 0.3) is 5.91 Å². The lowest BCUT2D eigenvalue weighted by molar-refractivity contribution is -0.128. The lowest BCUT2D eigenvalue weighted by Gasteiger charge is -2.26. The molecule has 8 heteroatoms. The van der Waals surface area contributed by atoms with Crippen molar-refractivity contribution in [2.45, 2.75) is 62.0 Å². The summed E-state index contributed by atoms with van der Waals surface area (Å²) in [6, 6.07) is 4.94. The predicted octanol–water partition coefficient (Wildman–Crippen LogP) is 2.02. The number of hydrogen-bond acceptors (Lipinski definition) is 5. The van der Waals surface area contributed by atoms with E-state index < -0.39 is 16.1 Å². The molecular weight excluding hydrogens is 380 g/mol. The summed E-state index contributed by atoms with van der Waals surface area (Å²) in [4.78, 5) is 12.9. The minimum atomic E-state index is -3.51. The molecule has 4 rings (SSSR count). The third-order valence-electron chi connectivity index (χ3n) is 5.92. The van der Waals surface area contributed by atoms with Crippen LogP contribution < -0.4 is 10.1 Å². The number of nitrogens with one attached hydrogen (secondary N) is 1. The summed E-state index contributed by atoms with van der Waals surface area (Å²) in [5.41, 5.74) is 0.773. The maximum atomic E-state index is 13.0. The molecular formula is C20H28N2O5S. The highest BCUT2D eigenvalue weighted by Gasteiger charge is 2.38. The predicted molar refractivity (Wildman–Crippen MR) is 104 cm³/mol. The molecule has 2 fully saturated rings. The molecule has 1 amide bonds. The van der Waals surface area contributed by atoms with Crippen LogP contribution in [0.1, 0.15) is 50.5 Å². The Labute approximate surface area is 166 Å². The third-order valence-corrected chi connectivity index (χ3v) is 7.81. The van der Waals surface area contributed by atoms with Crippen LogP contribution in [-0.4, -0.2) is 57.1 Å². The Kier molecular flexibility index (Phi) is 5.62. The SMILES string of the molecule is CC1c2cc(S(=O)(=O)N3CCCCC3)ccc2OC1C(=O)NCC1CCCO1. The average molecular weight is 409 g/mol. The van der Waals surface area contributed by atoms with Gasteiger partial charge >= 0.3 is 0 Å². The Morgan fingerprint density at radius 2 is 2.00 bits per heavy atom. The van der Waals surface area contributed by atoms with Gasteiger partial charge in [-0.05, 0) is 43.9 Å². The number of amides is 1. The number of nitrogens with zero attached hydrogens (tertiary/aromatic N) is 1. The molecule has 0 radical (unpaired) electrons. The molecule has 1 N–H and O–H groups in total. The van der Waals surface area contributed by atoms with Crippen LogP contribution in [0.25, 0.3) is 0 Å². The second kappa shape index (κ2) is 8.00. The van der Waals surface area contributed by atoms with Crippen LogP contribution in [0.5, 0.6) is 5.75 Å². The molecule has 0 aromatic heterocycles. The Morgan fingerprint density at radius 1 is 1.21 bits per heavy atom. The van der Waals surface area contributed by atoms with Crippen LogP contribution in [0.15, 0.2) is 23.1 Å². The number of benzene rings is 1. The van der Waals surface area contributed by atoms with Gasteiger partial charge in [0.15, 0.2) is 6.10 Å². The van der Waals surface area contributed by atoms with Crippen molar-refractivity contribution in [3.05, 3.63) is 23.8 Å². The average Bonchev–Trinajstić information content (AvgIpc) is 3.35. The Hall–Kier alpha value is -1.64. The quantitative estimate of drug-likeness (QED) is 0.806. The van der Waals surface area contributed by atoms with Gasteiger partial charge in [-0.25, -0.2) is 8.42 Å². The van der Waals surface area contributed by atoms with Crippen LogP contribution in [0.3, 0.4) is 0 Å². The van der Waals surface area contributed by atoms with Crippen LogP contribution >= 0.6 is 0 Å². The molecule has 1 aromatic carbocycles. The van der Waals surface area contributed by atoms with Crippen molar-refractivity contribution in [2.24, 2.45) is 0 Å². The van der Waals surface area contributed by atoms with Gasteiger partial charge in [0.2, 0.25) is 10.0 Å². The first kappa shape index (κ1) is 19.7. The van der Waals surface area contributed by atoms with Crippen LogP contribution in [-0.2, 0) is 19.6 Å². The van der Waals surface area contributed by atoms with E-state index in [0.29, 0.717) is 25.4 Å². The van der Waals surface area contributed by atoms with Gasteiger partial charge in [-0.15, -0.1) is 0 Å². The molecule has 3 aliphatic heterocycles. The number of sulfonamides is 1. The normalized spacial score (nSPS) is 28.0. The summed E-state index contributed by atoms with van der Waals surface area (Å²) in [5, 5.41) is 2.91. The molecule has 0 saturated carbocycles. The highest BCUT2D eigenvalue weighted by Crippen LogP contribution is 2.40. The fraction of sp³-hybridized carbons (Fsp3) is 0.650. The molecule has 28 heavy (non-hydrogen) atoms. The van der Waals surface area contributed by atoms with E-state index in [2.05, 4.69) is 5.32 Å². The van der Waals surface area contributed by atoms with Crippen LogP contribution in [0.2, 0.25) is 0 Å².